The Morgan fingerprint density at radius 1 is 1.06 bits per heavy atom. The van der Waals surface area contributed by atoms with Crippen molar-refractivity contribution in [3.05, 3.63) is 88.8 Å². The summed E-state index contributed by atoms with van der Waals surface area (Å²) in [4.78, 5) is 34.0. The monoisotopic (exact) mass is 485 g/mol. The number of rotatable bonds is 8. The van der Waals surface area contributed by atoms with Crippen LogP contribution in [0.15, 0.2) is 88.2 Å². The first-order valence-corrected chi connectivity index (χ1v) is 12.4. The van der Waals surface area contributed by atoms with Crippen molar-refractivity contribution in [1.29, 1.82) is 0 Å². The molecule has 2 heterocycles. The van der Waals surface area contributed by atoms with Crippen LogP contribution in [0.25, 0.3) is 16.2 Å². The zero-order valence-corrected chi connectivity index (χ0v) is 19.6. The first-order valence-electron chi connectivity index (χ1n) is 10.5. The van der Waals surface area contributed by atoms with Gasteiger partial charge in [0.05, 0.1) is 10.6 Å². The van der Waals surface area contributed by atoms with Crippen LogP contribution in [0, 0.1) is 0 Å². The van der Waals surface area contributed by atoms with Gasteiger partial charge in [-0.25, -0.2) is 4.98 Å². The van der Waals surface area contributed by atoms with Gasteiger partial charge in [-0.1, -0.05) is 53.8 Å². The van der Waals surface area contributed by atoms with E-state index in [4.69, 9.17) is 4.98 Å². The van der Waals surface area contributed by atoms with E-state index >= 15 is 0 Å². The Morgan fingerprint density at radius 2 is 1.88 bits per heavy atom. The normalized spacial score (nSPS) is 13.7. The molecular weight excluding hydrogens is 466 g/mol. The first-order chi connectivity index (χ1) is 16.7. The number of aliphatic imine (C=N–C) groups is 1. The molecule has 168 valence electrons. The van der Waals surface area contributed by atoms with E-state index in [1.54, 1.807) is 10.0 Å². The molecule has 1 aliphatic rings. The summed E-state index contributed by atoms with van der Waals surface area (Å²) >= 11 is 2.82. The number of allylic oxidation sites excluding steroid dienone is 4. The van der Waals surface area contributed by atoms with E-state index < -0.39 is 0 Å². The summed E-state index contributed by atoms with van der Waals surface area (Å²) in [7, 11) is 0. The lowest BCUT2D eigenvalue weighted by molar-refractivity contribution is -0.114. The van der Waals surface area contributed by atoms with Crippen LogP contribution < -0.4 is 5.32 Å². The largest absolute Gasteiger partial charge is 0.367 e. The number of imidazole rings is 1. The van der Waals surface area contributed by atoms with Crippen molar-refractivity contribution >= 4 is 57.3 Å². The van der Waals surface area contributed by atoms with Crippen molar-refractivity contribution in [2.75, 3.05) is 17.6 Å². The SMILES string of the molecule is O=C1C=CC(=O)C(SCCNc2c(-c3ccc(N=Cc4ccccc4)cc3)nc3scnn23)=C1. The molecule has 5 rings (SSSR count). The molecule has 0 amide bonds. The molecule has 7 nitrogen and oxygen atoms in total. The first kappa shape index (κ1) is 22.0. The van der Waals surface area contributed by atoms with Gasteiger partial charge in [0.15, 0.2) is 17.4 Å². The molecule has 34 heavy (non-hydrogen) atoms. The number of nitrogens with zero attached hydrogens (tertiary/aromatic N) is 4. The summed E-state index contributed by atoms with van der Waals surface area (Å²) < 4.78 is 1.78. The highest BCUT2D eigenvalue weighted by molar-refractivity contribution is 8.04. The van der Waals surface area contributed by atoms with Gasteiger partial charge in [-0.3, -0.25) is 14.6 Å². The van der Waals surface area contributed by atoms with Crippen molar-refractivity contribution in [3.8, 4) is 11.3 Å². The molecule has 4 aromatic rings. The topological polar surface area (TPSA) is 88.7 Å². The maximum atomic E-state index is 11.9. The number of carbonyl (C=O) groups excluding carboxylic acids is 2. The smallest absolute Gasteiger partial charge is 0.214 e. The fourth-order valence-electron chi connectivity index (χ4n) is 3.38. The standard InChI is InChI=1S/C25H19N5O2S2/c31-20-10-11-21(32)22(14-20)33-13-12-26-24-23(29-25-30(24)28-16-34-25)18-6-8-19(9-7-18)27-15-17-4-2-1-3-5-17/h1-11,14-16,26H,12-13H2. The minimum absolute atomic E-state index is 0.133. The van der Waals surface area contributed by atoms with E-state index in [1.807, 2.05) is 60.8 Å². The number of benzene rings is 2. The van der Waals surface area contributed by atoms with E-state index in [0.717, 1.165) is 33.3 Å². The summed E-state index contributed by atoms with van der Waals surface area (Å²) in [5.74, 6) is 1.11. The second kappa shape index (κ2) is 9.98. The van der Waals surface area contributed by atoms with Crippen molar-refractivity contribution in [2.45, 2.75) is 0 Å². The Kier molecular flexibility index (Phi) is 6.46. The molecular formula is C25H19N5O2S2. The average Bonchev–Trinajstić information content (AvgIpc) is 3.46. The maximum absolute atomic E-state index is 11.9. The quantitative estimate of drug-likeness (QED) is 0.216. The molecule has 0 aliphatic heterocycles. The second-order valence-corrected chi connectivity index (χ2v) is 9.29. The average molecular weight is 486 g/mol. The summed E-state index contributed by atoms with van der Waals surface area (Å²) in [6.45, 7) is 0.574. The van der Waals surface area contributed by atoms with Gasteiger partial charge in [-0.05, 0) is 29.8 Å². The fraction of sp³-hybridized carbons (Fsp3) is 0.0800. The number of fused-ring (bicyclic) bond motifs is 1. The molecule has 0 saturated heterocycles. The van der Waals surface area contributed by atoms with Crippen LogP contribution in [-0.4, -0.2) is 44.7 Å². The molecule has 0 radical (unpaired) electrons. The van der Waals surface area contributed by atoms with Crippen LogP contribution in [0.3, 0.4) is 0 Å². The predicted octanol–water partition coefficient (Wildman–Crippen LogP) is 4.95. The molecule has 2 aromatic heterocycles. The molecule has 2 aromatic carbocycles. The van der Waals surface area contributed by atoms with Crippen molar-refractivity contribution in [2.24, 2.45) is 4.99 Å². The molecule has 0 atom stereocenters. The molecule has 0 saturated carbocycles. The van der Waals surface area contributed by atoms with Gasteiger partial charge < -0.3 is 5.32 Å². The van der Waals surface area contributed by atoms with E-state index in [2.05, 4.69) is 15.4 Å². The molecule has 1 aliphatic carbocycles. The van der Waals surface area contributed by atoms with E-state index in [-0.39, 0.29) is 11.6 Å². The lowest BCUT2D eigenvalue weighted by atomic mass is 10.1. The number of anilines is 1. The summed E-state index contributed by atoms with van der Waals surface area (Å²) in [5.41, 5.74) is 5.40. The van der Waals surface area contributed by atoms with Crippen LogP contribution in [0.1, 0.15) is 5.56 Å². The Morgan fingerprint density at radius 3 is 2.71 bits per heavy atom. The minimum Gasteiger partial charge on any atom is -0.367 e. The highest BCUT2D eigenvalue weighted by atomic mass is 32.2. The number of aromatic nitrogens is 3. The zero-order chi connectivity index (χ0) is 23.3. The Hall–Kier alpha value is -3.82. The van der Waals surface area contributed by atoms with Crippen LogP contribution in [0.4, 0.5) is 11.5 Å². The van der Waals surface area contributed by atoms with Crippen LogP contribution >= 0.6 is 23.1 Å². The summed E-state index contributed by atoms with van der Waals surface area (Å²) in [6.07, 6.45) is 5.84. The lowest BCUT2D eigenvalue weighted by Crippen LogP contribution is -2.10. The van der Waals surface area contributed by atoms with E-state index in [0.29, 0.717) is 17.2 Å². The molecule has 1 N–H and O–H groups in total. The van der Waals surface area contributed by atoms with Crippen molar-refractivity contribution in [1.82, 2.24) is 14.6 Å². The maximum Gasteiger partial charge on any atom is 0.214 e. The molecule has 0 fully saturated rings. The number of thioether (sulfide) groups is 1. The van der Waals surface area contributed by atoms with E-state index in [9.17, 15) is 9.59 Å². The predicted molar refractivity (Wildman–Crippen MR) is 138 cm³/mol. The Bertz CT molecular complexity index is 1430. The number of ketones is 2. The summed E-state index contributed by atoms with van der Waals surface area (Å²) in [6, 6.07) is 17.9. The number of carbonyl (C=O) groups is 2. The van der Waals surface area contributed by atoms with Crippen LogP contribution in [0.5, 0.6) is 0 Å². The van der Waals surface area contributed by atoms with Gasteiger partial charge in [0, 0.05) is 30.2 Å². The van der Waals surface area contributed by atoms with Gasteiger partial charge in [-0.2, -0.15) is 9.61 Å². The van der Waals surface area contributed by atoms with Gasteiger partial charge >= 0.3 is 0 Å². The third kappa shape index (κ3) is 4.90. The highest BCUT2D eigenvalue weighted by Gasteiger charge is 2.17. The number of hydrogen-bond donors (Lipinski definition) is 1. The van der Waals surface area contributed by atoms with Crippen molar-refractivity contribution in [3.63, 3.8) is 0 Å². The molecule has 0 spiro atoms. The Balaban J connectivity index is 1.29. The molecule has 0 bridgehead atoms. The van der Waals surface area contributed by atoms with Gasteiger partial charge in [-0.15, -0.1) is 11.8 Å². The van der Waals surface area contributed by atoms with Gasteiger partial charge in [0.1, 0.15) is 11.2 Å². The fourth-order valence-corrected chi connectivity index (χ4v) is 4.83. The van der Waals surface area contributed by atoms with Crippen LogP contribution in [0.2, 0.25) is 0 Å². The number of nitrogens with one attached hydrogen (secondary N) is 1. The number of hydrogen-bond acceptors (Lipinski definition) is 8. The summed E-state index contributed by atoms with van der Waals surface area (Å²) in [5, 5.41) is 7.80. The van der Waals surface area contributed by atoms with Gasteiger partial charge in [0.25, 0.3) is 0 Å². The third-order valence-electron chi connectivity index (χ3n) is 5.02. The zero-order valence-electron chi connectivity index (χ0n) is 17.9. The lowest BCUT2D eigenvalue weighted by Gasteiger charge is -2.09. The van der Waals surface area contributed by atoms with Gasteiger partial charge in [0.2, 0.25) is 4.96 Å². The van der Waals surface area contributed by atoms with E-state index in [1.165, 1.54) is 41.3 Å². The van der Waals surface area contributed by atoms with Crippen LogP contribution in [-0.2, 0) is 9.59 Å². The Labute approximate surface area is 204 Å². The van der Waals surface area contributed by atoms with Crippen molar-refractivity contribution < 1.29 is 9.59 Å². The highest BCUT2D eigenvalue weighted by Crippen LogP contribution is 2.31. The minimum atomic E-state index is -0.158. The molecule has 9 heteroatoms. The molecule has 0 unspecified atom stereocenters. The third-order valence-corrected chi connectivity index (χ3v) is 6.73. The second-order valence-electron chi connectivity index (χ2n) is 7.34.